The van der Waals surface area contributed by atoms with Gasteiger partial charge in [0, 0.05) is 0 Å². The van der Waals surface area contributed by atoms with Crippen molar-refractivity contribution in [3.63, 3.8) is 0 Å². The molecule has 0 aliphatic heterocycles. The summed E-state index contributed by atoms with van der Waals surface area (Å²) in [4.78, 5) is 11.1. The van der Waals surface area contributed by atoms with E-state index in [1.54, 1.807) is 0 Å². The molecule has 1 saturated carbocycles. The molecule has 92 valence electrons. The third kappa shape index (κ3) is 3.09. The number of ether oxygens (including phenoxy) is 1. The Balaban J connectivity index is 2.18. The Bertz CT molecular complexity index is 411. The smallest absolute Gasteiger partial charge is 0.153 e. The second-order valence-electron chi connectivity index (χ2n) is 5.87. The van der Waals surface area contributed by atoms with E-state index in [9.17, 15) is 4.79 Å². The lowest BCUT2D eigenvalue weighted by Gasteiger charge is -2.20. The summed E-state index contributed by atoms with van der Waals surface area (Å²) in [6, 6.07) is 5.91. The Morgan fingerprint density at radius 2 is 2.06 bits per heavy atom. The maximum absolute atomic E-state index is 11.1. The quantitative estimate of drug-likeness (QED) is 0.742. The molecule has 0 heterocycles. The van der Waals surface area contributed by atoms with E-state index < -0.39 is 0 Å². The first-order chi connectivity index (χ1) is 8.00. The Kier molecular flexibility index (Phi) is 3.23. The number of hydrogen-bond donors (Lipinski definition) is 0. The van der Waals surface area contributed by atoms with Crippen LogP contribution in [-0.4, -0.2) is 12.9 Å². The van der Waals surface area contributed by atoms with Crippen LogP contribution in [0.3, 0.4) is 0 Å². The van der Waals surface area contributed by atoms with E-state index in [1.165, 1.54) is 18.4 Å². The van der Waals surface area contributed by atoms with Crippen LogP contribution in [0.5, 0.6) is 5.75 Å². The minimum atomic E-state index is 0.0623. The molecular weight excluding hydrogens is 212 g/mol. The molecular formula is C15H20O2. The average Bonchev–Trinajstić information content (AvgIpc) is 3.08. The highest BCUT2D eigenvalue weighted by Crippen LogP contribution is 2.31. The van der Waals surface area contributed by atoms with E-state index in [0.717, 1.165) is 18.6 Å². The summed E-state index contributed by atoms with van der Waals surface area (Å²) in [5.74, 6) is 1.43. The van der Waals surface area contributed by atoms with Crippen LogP contribution in [0.1, 0.15) is 49.5 Å². The summed E-state index contributed by atoms with van der Waals surface area (Å²) in [5, 5.41) is 0. The number of carbonyl (C=O) groups excluding carboxylic acids is 1. The summed E-state index contributed by atoms with van der Waals surface area (Å²) in [5.41, 5.74) is 1.89. The molecule has 0 bridgehead atoms. The highest BCUT2D eigenvalue weighted by molar-refractivity contribution is 5.79. The van der Waals surface area contributed by atoms with Crippen LogP contribution >= 0.6 is 0 Å². The fourth-order valence-electron chi connectivity index (χ4n) is 1.73. The SMILES string of the molecule is CC(C)(C)c1ccc(OCC2CC2)c(C=O)c1. The summed E-state index contributed by atoms with van der Waals surface area (Å²) in [6.45, 7) is 7.17. The predicted molar refractivity (Wildman–Crippen MR) is 68.7 cm³/mol. The third-order valence-electron chi connectivity index (χ3n) is 3.17. The van der Waals surface area contributed by atoms with Gasteiger partial charge in [-0.1, -0.05) is 26.8 Å². The largest absolute Gasteiger partial charge is 0.493 e. The van der Waals surface area contributed by atoms with Gasteiger partial charge in [0.2, 0.25) is 0 Å². The van der Waals surface area contributed by atoms with Gasteiger partial charge in [0.1, 0.15) is 5.75 Å². The van der Waals surface area contributed by atoms with Crippen LogP contribution in [0.4, 0.5) is 0 Å². The van der Waals surface area contributed by atoms with Gasteiger partial charge in [0.25, 0.3) is 0 Å². The predicted octanol–water partition coefficient (Wildman–Crippen LogP) is 3.59. The fourth-order valence-corrected chi connectivity index (χ4v) is 1.73. The van der Waals surface area contributed by atoms with Gasteiger partial charge in [0.05, 0.1) is 12.2 Å². The maximum atomic E-state index is 11.1. The summed E-state index contributed by atoms with van der Waals surface area (Å²) in [6.07, 6.45) is 3.41. The molecule has 17 heavy (non-hydrogen) atoms. The van der Waals surface area contributed by atoms with Gasteiger partial charge in [-0.15, -0.1) is 0 Å². The van der Waals surface area contributed by atoms with Gasteiger partial charge in [-0.2, -0.15) is 0 Å². The zero-order valence-corrected chi connectivity index (χ0v) is 10.8. The van der Waals surface area contributed by atoms with E-state index in [4.69, 9.17) is 4.74 Å². The minimum Gasteiger partial charge on any atom is -0.493 e. The molecule has 0 atom stereocenters. The van der Waals surface area contributed by atoms with E-state index >= 15 is 0 Å². The molecule has 1 fully saturated rings. The average molecular weight is 232 g/mol. The van der Waals surface area contributed by atoms with Crippen molar-refractivity contribution in [2.75, 3.05) is 6.61 Å². The maximum Gasteiger partial charge on any atom is 0.153 e. The van der Waals surface area contributed by atoms with Gasteiger partial charge in [-0.3, -0.25) is 4.79 Å². The van der Waals surface area contributed by atoms with Crippen molar-refractivity contribution in [1.82, 2.24) is 0 Å². The molecule has 2 rings (SSSR count). The first-order valence-electron chi connectivity index (χ1n) is 6.23. The summed E-state index contributed by atoms with van der Waals surface area (Å²) in [7, 11) is 0. The van der Waals surface area contributed by atoms with Gasteiger partial charge in [0.15, 0.2) is 6.29 Å². The lowest BCUT2D eigenvalue weighted by molar-refractivity contribution is 0.111. The molecule has 1 aromatic rings. The molecule has 1 aromatic carbocycles. The highest BCUT2D eigenvalue weighted by Gasteiger charge is 2.22. The molecule has 0 N–H and O–H groups in total. The van der Waals surface area contributed by atoms with E-state index in [2.05, 4.69) is 26.8 Å². The molecule has 0 amide bonds. The van der Waals surface area contributed by atoms with Gasteiger partial charge in [-0.25, -0.2) is 0 Å². The topological polar surface area (TPSA) is 26.3 Å². The van der Waals surface area contributed by atoms with Crippen LogP contribution in [0, 0.1) is 5.92 Å². The molecule has 1 aliphatic rings. The number of hydrogen-bond acceptors (Lipinski definition) is 2. The Labute approximate surface area is 103 Å². The third-order valence-corrected chi connectivity index (χ3v) is 3.17. The second kappa shape index (κ2) is 4.52. The van der Waals surface area contributed by atoms with Crippen LogP contribution in [0.15, 0.2) is 18.2 Å². The minimum absolute atomic E-state index is 0.0623. The highest BCUT2D eigenvalue weighted by atomic mass is 16.5. The van der Waals surface area contributed by atoms with Crippen LogP contribution < -0.4 is 4.74 Å². The number of benzene rings is 1. The molecule has 0 radical (unpaired) electrons. The lowest BCUT2D eigenvalue weighted by atomic mass is 9.86. The fraction of sp³-hybridized carbons (Fsp3) is 0.533. The van der Waals surface area contributed by atoms with Gasteiger partial charge >= 0.3 is 0 Å². The van der Waals surface area contributed by atoms with Crippen molar-refractivity contribution in [2.24, 2.45) is 5.92 Å². The monoisotopic (exact) mass is 232 g/mol. The number of aldehydes is 1. The van der Waals surface area contributed by atoms with E-state index in [1.807, 2.05) is 12.1 Å². The normalized spacial score (nSPS) is 15.7. The first-order valence-corrected chi connectivity index (χ1v) is 6.23. The molecule has 0 spiro atoms. The van der Waals surface area contributed by atoms with Crippen LogP contribution in [0.2, 0.25) is 0 Å². The van der Waals surface area contributed by atoms with Crippen molar-refractivity contribution in [3.05, 3.63) is 29.3 Å². The number of carbonyl (C=O) groups is 1. The van der Waals surface area contributed by atoms with E-state index in [0.29, 0.717) is 11.5 Å². The lowest BCUT2D eigenvalue weighted by Crippen LogP contribution is -2.12. The summed E-state index contributed by atoms with van der Waals surface area (Å²) >= 11 is 0. The Hall–Kier alpha value is -1.31. The number of rotatable bonds is 4. The molecule has 0 saturated heterocycles. The van der Waals surface area contributed by atoms with E-state index in [-0.39, 0.29) is 5.41 Å². The van der Waals surface area contributed by atoms with Crippen molar-refractivity contribution in [3.8, 4) is 5.75 Å². The molecule has 0 unspecified atom stereocenters. The molecule has 0 aromatic heterocycles. The molecule has 2 nitrogen and oxygen atoms in total. The van der Waals surface area contributed by atoms with Crippen LogP contribution in [0.25, 0.3) is 0 Å². The zero-order chi connectivity index (χ0) is 12.5. The zero-order valence-electron chi connectivity index (χ0n) is 10.8. The van der Waals surface area contributed by atoms with Crippen molar-refractivity contribution in [2.45, 2.75) is 39.0 Å². The second-order valence-corrected chi connectivity index (χ2v) is 5.87. The van der Waals surface area contributed by atoms with Gasteiger partial charge < -0.3 is 4.74 Å². The standard InChI is InChI=1S/C15H20O2/c1-15(2,3)13-6-7-14(12(8-13)9-16)17-10-11-4-5-11/h6-9,11H,4-5,10H2,1-3H3. The van der Waals surface area contributed by atoms with Crippen molar-refractivity contribution >= 4 is 6.29 Å². The summed E-state index contributed by atoms with van der Waals surface area (Å²) < 4.78 is 5.69. The first kappa shape index (κ1) is 12.2. The Morgan fingerprint density at radius 3 is 2.59 bits per heavy atom. The van der Waals surface area contributed by atoms with Crippen molar-refractivity contribution in [1.29, 1.82) is 0 Å². The van der Waals surface area contributed by atoms with Gasteiger partial charge in [-0.05, 0) is 41.9 Å². The Morgan fingerprint density at radius 1 is 1.35 bits per heavy atom. The molecule has 1 aliphatic carbocycles. The van der Waals surface area contributed by atoms with Crippen LogP contribution in [-0.2, 0) is 5.41 Å². The molecule has 2 heteroatoms. The van der Waals surface area contributed by atoms with Crippen molar-refractivity contribution < 1.29 is 9.53 Å².